The van der Waals surface area contributed by atoms with Crippen LogP contribution in [0.1, 0.15) is 28.8 Å². The Kier molecular flexibility index (Phi) is 5.20. The van der Waals surface area contributed by atoms with Crippen LogP contribution in [0.4, 0.5) is 0 Å². The van der Waals surface area contributed by atoms with Gasteiger partial charge in [-0.3, -0.25) is 14.3 Å². The van der Waals surface area contributed by atoms with Crippen molar-refractivity contribution in [2.75, 3.05) is 13.2 Å². The van der Waals surface area contributed by atoms with Crippen molar-refractivity contribution in [2.45, 2.75) is 25.5 Å². The molecule has 0 radical (unpaired) electrons. The van der Waals surface area contributed by atoms with Crippen LogP contribution in [0.2, 0.25) is 0 Å². The van der Waals surface area contributed by atoms with Gasteiger partial charge in [0.05, 0.1) is 6.10 Å². The van der Waals surface area contributed by atoms with E-state index in [-0.39, 0.29) is 12.0 Å². The molecule has 1 aliphatic rings. The number of aromatic nitrogens is 4. The largest absolute Gasteiger partial charge is 0.376 e. The van der Waals surface area contributed by atoms with E-state index in [1.165, 1.54) is 0 Å². The standard InChI is InChI=1S/C20H21N5O2/c26-20(17-3-1-4-18(11-17)25-14-22-23-15-25)24(13-19-5-2-10-27-19)12-16-6-8-21-9-7-16/h1,3-4,6-9,11,14-15,19H,2,5,10,12-13H2/t19-/m1/s1. The van der Waals surface area contributed by atoms with Crippen molar-refractivity contribution >= 4 is 5.91 Å². The number of hydrogen-bond acceptors (Lipinski definition) is 5. The van der Waals surface area contributed by atoms with Crippen LogP contribution >= 0.6 is 0 Å². The summed E-state index contributed by atoms with van der Waals surface area (Å²) in [4.78, 5) is 19.2. The van der Waals surface area contributed by atoms with Crippen LogP contribution < -0.4 is 0 Å². The van der Waals surface area contributed by atoms with Gasteiger partial charge in [-0.1, -0.05) is 6.07 Å². The minimum Gasteiger partial charge on any atom is -0.376 e. The minimum absolute atomic E-state index is 0.0164. The van der Waals surface area contributed by atoms with E-state index in [9.17, 15) is 4.79 Å². The molecule has 1 aromatic carbocycles. The van der Waals surface area contributed by atoms with Crippen LogP contribution in [0.3, 0.4) is 0 Å². The van der Waals surface area contributed by atoms with Gasteiger partial charge in [-0.25, -0.2) is 0 Å². The maximum atomic E-state index is 13.3. The van der Waals surface area contributed by atoms with Gasteiger partial charge < -0.3 is 9.64 Å². The quantitative estimate of drug-likeness (QED) is 0.673. The first-order chi connectivity index (χ1) is 13.3. The Balaban J connectivity index is 1.58. The predicted octanol–water partition coefficient (Wildman–Crippen LogP) is 2.48. The summed E-state index contributed by atoms with van der Waals surface area (Å²) in [5.41, 5.74) is 2.53. The summed E-state index contributed by atoms with van der Waals surface area (Å²) < 4.78 is 7.54. The molecule has 0 aliphatic carbocycles. The lowest BCUT2D eigenvalue weighted by molar-refractivity contribution is 0.0507. The fourth-order valence-corrected chi connectivity index (χ4v) is 3.28. The molecular formula is C20H21N5O2. The number of benzene rings is 1. The number of rotatable bonds is 6. The second kappa shape index (κ2) is 8.09. The van der Waals surface area contributed by atoms with Gasteiger partial charge in [0.15, 0.2) is 0 Å². The highest BCUT2D eigenvalue weighted by atomic mass is 16.5. The molecule has 1 atom stereocenters. The summed E-state index contributed by atoms with van der Waals surface area (Å²) in [5, 5.41) is 7.66. The van der Waals surface area contributed by atoms with E-state index < -0.39 is 0 Å². The topological polar surface area (TPSA) is 73.1 Å². The lowest BCUT2D eigenvalue weighted by atomic mass is 10.1. The van der Waals surface area contributed by atoms with Crippen molar-refractivity contribution in [3.8, 4) is 5.69 Å². The summed E-state index contributed by atoms with van der Waals surface area (Å²) >= 11 is 0. The average molecular weight is 363 g/mol. The molecule has 27 heavy (non-hydrogen) atoms. The van der Waals surface area contributed by atoms with Crippen LogP contribution in [0.5, 0.6) is 0 Å². The molecule has 1 aliphatic heterocycles. The molecule has 1 saturated heterocycles. The van der Waals surface area contributed by atoms with E-state index in [0.29, 0.717) is 18.7 Å². The third-order valence-corrected chi connectivity index (χ3v) is 4.67. The number of hydrogen-bond donors (Lipinski definition) is 0. The normalized spacial score (nSPS) is 16.4. The number of pyridine rings is 1. The average Bonchev–Trinajstić information content (AvgIpc) is 3.42. The number of amides is 1. The molecule has 7 nitrogen and oxygen atoms in total. The Morgan fingerprint density at radius 3 is 2.74 bits per heavy atom. The first-order valence-corrected chi connectivity index (χ1v) is 9.04. The number of nitrogens with zero attached hydrogens (tertiary/aromatic N) is 5. The van der Waals surface area contributed by atoms with E-state index in [4.69, 9.17) is 4.74 Å². The number of carbonyl (C=O) groups excluding carboxylic acids is 1. The number of ether oxygens (including phenoxy) is 1. The summed E-state index contributed by atoms with van der Waals surface area (Å²) in [6, 6.07) is 11.4. The van der Waals surface area contributed by atoms with Crippen LogP contribution in [-0.2, 0) is 11.3 Å². The van der Waals surface area contributed by atoms with Gasteiger partial charge in [0, 0.05) is 43.3 Å². The van der Waals surface area contributed by atoms with Crippen molar-refractivity contribution in [3.05, 3.63) is 72.6 Å². The minimum atomic E-state index is -0.0164. The molecule has 2 aromatic heterocycles. The van der Waals surface area contributed by atoms with Gasteiger partial charge in [0.1, 0.15) is 12.7 Å². The van der Waals surface area contributed by atoms with Gasteiger partial charge in [0.25, 0.3) is 5.91 Å². The van der Waals surface area contributed by atoms with E-state index >= 15 is 0 Å². The van der Waals surface area contributed by atoms with Gasteiger partial charge in [-0.2, -0.15) is 0 Å². The Hall–Kier alpha value is -3.06. The fourth-order valence-electron chi connectivity index (χ4n) is 3.28. The van der Waals surface area contributed by atoms with Gasteiger partial charge in [-0.05, 0) is 48.7 Å². The van der Waals surface area contributed by atoms with E-state index in [2.05, 4.69) is 15.2 Å². The van der Waals surface area contributed by atoms with Crippen LogP contribution in [0.25, 0.3) is 5.69 Å². The zero-order chi connectivity index (χ0) is 18.5. The molecule has 3 heterocycles. The summed E-state index contributed by atoms with van der Waals surface area (Å²) in [7, 11) is 0. The molecule has 0 N–H and O–H groups in total. The Morgan fingerprint density at radius 1 is 1.19 bits per heavy atom. The maximum absolute atomic E-state index is 13.3. The molecule has 4 rings (SSSR count). The molecule has 0 saturated carbocycles. The molecule has 0 unspecified atom stereocenters. The monoisotopic (exact) mass is 363 g/mol. The highest BCUT2D eigenvalue weighted by Gasteiger charge is 2.24. The molecule has 3 aromatic rings. The first kappa shape index (κ1) is 17.4. The molecule has 1 amide bonds. The smallest absolute Gasteiger partial charge is 0.254 e. The highest BCUT2D eigenvalue weighted by Crippen LogP contribution is 2.18. The van der Waals surface area contributed by atoms with Crippen LogP contribution in [-0.4, -0.2) is 49.8 Å². The third-order valence-electron chi connectivity index (χ3n) is 4.67. The second-order valence-corrected chi connectivity index (χ2v) is 6.60. The van der Waals surface area contributed by atoms with Crippen LogP contribution in [0.15, 0.2) is 61.4 Å². The second-order valence-electron chi connectivity index (χ2n) is 6.60. The Bertz CT molecular complexity index is 876. The van der Waals surface area contributed by atoms with Gasteiger partial charge in [-0.15, -0.1) is 10.2 Å². The fraction of sp³-hybridized carbons (Fsp3) is 0.300. The zero-order valence-corrected chi connectivity index (χ0v) is 14.9. The molecular weight excluding hydrogens is 342 g/mol. The van der Waals surface area contributed by atoms with Gasteiger partial charge in [0.2, 0.25) is 0 Å². The summed E-state index contributed by atoms with van der Waals surface area (Å²) in [6.07, 6.45) is 8.85. The van der Waals surface area contributed by atoms with Crippen molar-refractivity contribution in [3.63, 3.8) is 0 Å². The maximum Gasteiger partial charge on any atom is 0.254 e. The van der Waals surface area contributed by atoms with Gasteiger partial charge >= 0.3 is 0 Å². The van der Waals surface area contributed by atoms with E-state index in [0.717, 1.165) is 30.7 Å². The summed E-state index contributed by atoms with van der Waals surface area (Å²) in [5.74, 6) is -0.0164. The lowest BCUT2D eigenvalue weighted by Gasteiger charge is -2.26. The van der Waals surface area contributed by atoms with E-state index in [1.807, 2.05) is 41.3 Å². The molecule has 0 bridgehead atoms. The van der Waals surface area contributed by atoms with Crippen molar-refractivity contribution in [2.24, 2.45) is 0 Å². The lowest BCUT2D eigenvalue weighted by Crippen LogP contribution is -2.37. The zero-order valence-electron chi connectivity index (χ0n) is 14.9. The van der Waals surface area contributed by atoms with E-state index in [1.54, 1.807) is 29.6 Å². The molecule has 1 fully saturated rings. The Labute approximate surface area is 157 Å². The molecule has 138 valence electrons. The molecule has 0 spiro atoms. The first-order valence-electron chi connectivity index (χ1n) is 9.04. The van der Waals surface area contributed by atoms with Crippen molar-refractivity contribution < 1.29 is 9.53 Å². The SMILES string of the molecule is O=C(c1cccc(-n2cnnc2)c1)N(Cc1ccncc1)C[C@H]1CCCO1. The summed E-state index contributed by atoms with van der Waals surface area (Å²) in [6.45, 7) is 1.88. The van der Waals surface area contributed by atoms with Crippen molar-refractivity contribution in [1.82, 2.24) is 24.6 Å². The van der Waals surface area contributed by atoms with Crippen molar-refractivity contribution in [1.29, 1.82) is 0 Å². The Morgan fingerprint density at radius 2 is 2.00 bits per heavy atom. The highest BCUT2D eigenvalue weighted by molar-refractivity contribution is 5.94. The number of carbonyl (C=O) groups is 1. The third kappa shape index (κ3) is 4.20. The predicted molar refractivity (Wildman–Crippen MR) is 99.3 cm³/mol. The molecule has 7 heteroatoms. The van der Waals surface area contributed by atoms with Crippen LogP contribution in [0, 0.1) is 0 Å².